The fourth-order valence-corrected chi connectivity index (χ4v) is 3.11. The average molecular weight is 371 g/mol. The standard InChI is InChI=1S/C20H25N3O4/c1-14-5-3-6-16(15(14)2)22-20(25)19(24)21-13-17(18-7-4-10-27-18)23-8-11-26-12-9-23/h3-7,10,17H,8-9,11-13H2,1-2H3,(H,21,24)(H,22,25). The van der Waals surface area contributed by atoms with E-state index in [0.717, 1.165) is 30.0 Å². The first-order valence-electron chi connectivity index (χ1n) is 9.07. The smallest absolute Gasteiger partial charge is 0.313 e. The maximum atomic E-state index is 12.3. The Kier molecular flexibility index (Phi) is 6.26. The number of ether oxygens (including phenoxy) is 1. The highest BCUT2D eigenvalue weighted by atomic mass is 16.5. The summed E-state index contributed by atoms with van der Waals surface area (Å²) in [5.41, 5.74) is 2.64. The van der Waals surface area contributed by atoms with Crippen LogP contribution in [0.3, 0.4) is 0 Å². The average Bonchev–Trinajstić information content (AvgIpc) is 3.20. The molecule has 1 fully saturated rings. The molecule has 1 aromatic heterocycles. The van der Waals surface area contributed by atoms with Crippen molar-refractivity contribution in [2.45, 2.75) is 19.9 Å². The molecular weight excluding hydrogens is 346 g/mol. The van der Waals surface area contributed by atoms with Crippen LogP contribution in [0.4, 0.5) is 5.69 Å². The maximum absolute atomic E-state index is 12.3. The van der Waals surface area contributed by atoms with E-state index in [1.807, 2.05) is 38.1 Å². The number of anilines is 1. The van der Waals surface area contributed by atoms with Gasteiger partial charge in [0.25, 0.3) is 0 Å². The minimum Gasteiger partial charge on any atom is -0.468 e. The van der Waals surface area contributed by atoms with Crippen LogP contribution in [0.5, 0.6) is 0 Å². The van der Waals surface area contributed by atoms with Crippen molar-refractivity contribution in [3.63, 3.8) is 0 Å². The highest BCUT2D eigenvalue weighted by Gasteiger charge is 2.26. The van der Waals surface area contributed by atoms with Crippen molar-refractivity contribution in [3.8, 4) is 0 Å². The summed E-state index contributed by atoms with van der Waals surface area (Å²) in [4.78, 5) is 26.8. The third-order valence-corrected chi connectivity index (χ3v) is 4.87. The van der Waals surface area contributed by atoms with E-state index in [4.69, 9.17) is 9.15 Å². The van der Waals surface area contributed by atoms with Gasteiger partial charge in [0.2, 0.25) is 0 Å². The number of hydrogen-bond donors (Lipinski definition) is 2. The first kappa shape index (κ1) is 19.1. The Balaban J connectivity index is 1.61. The number of morpholine rings is 1. The molecule has 2 heterocycles. The fourth-order valence-electron chi connectivity index (χ4n) is 3.11. The number of rotatable bonds is 5. The van der Waals surface area contributed by atoms with Crippen molar-refractivity contribution in [1.82, 2.24) is 10.2 Å². The van der Waals surface area contributed by atoms with Gasteiger partial charge in [-0.05, 0) is 43.2 Å². The molecule has 7 nitrogen and oxygen atoms in total. The van der Waals surface area contributed by atoms with Crippen LogP contribution in [0, 0.1) is 13.8 Å². The minimum atomic E-state index is -0.677. The highest BCUT2D eigenvalue weighted by molar-refractivity contribution is 6.39. The van der Waals surface area contributed by atoms with Crippen LogP contribution in [0.1, 0.15) is 22.9 Å². The number of carbonyl (C=O) groups excluding carboxylic acids is 2. The van der Waals surface area contributed by atoms with Crippen LogP contribution >= 0.6 is 0 Å². The Morgan fingerprint density at radius 2 is 1.89 bits per heavy atom. The number of benzene rings is 1. The molecule has 0 spiro atoms. The van der Waals surface area contributed by atoms with Gasteiger partial charge in [0.05, 0.1) is 25.5 Å². The number of amides is 2. The highest BCUT2D eigenvalue weighted by Crippen LogP contribution is 2.22. The van der Waals surface area contributed by atoms with Crippen LogP contribution in [0.15, 0.2) is 41.0 Å². The third kappa shape index (κ3) is 4.75. The van der Waals surface area contributed by atoms with E-state index in [-0.39, 0.29) is 12.6 Å². The van der Waals surface area contributed by atoms with E-state index in [1.54, 1.807) is 12.3 Å². The van der Waals surface area contributed by atoms with Gasteiger partial charge in [0.15, 0.2) is 0 Å². The first-order valence-corrected chi connectivity index (χ1v) is 9.07. The van der Waals surface area contributed by atoms with Crippen LogP contribution in [-0.4, -0.2) is 49.6 Å². The van der Waals surface area contributed by atoms with E-state index >= 15 is 0 Å². The van der Waals surface area contributed by atoms with Crippen molar-refractivity contribution in [3.05, 3.63) is 53.5 Å². The molecule has 0 saturated carbocycles. The van der Waals surface area contributed by atoms with Crippen molar-refractivity contribution in [2.24, 2.45) is 0 Å². The second kappa shape index (κ2) is 8.83. The Bertz CT molecular complexity index is 783. The zero-order chi connectivity index (χ0) is 19.2. The molecule has 1 aliphatic heterocycles. The molecule has 0 aliphatic carbocycles. The summed E-state index contributed by atoms with van der Waals surface area (Å²) >= 11 is 0. The van der Waals surface area contributed by atoms with Gasteiger partial charge in [0.1, 0.15) is 5.76 Å². The lowest BCUT2D eigenvalue weighted by Crippen LogP contribution is -2.45. The number of hydrogen-bond acceptors (Lipinski definition) is 5. The molecule has 1 aliphatic rings. The number of furan rings is 1. The fraction of sp³-hybridized carbons (Fsp3) is 0.400. The lowest BCUT2D eigenvalue weighted by molar-refractivity contribution is -0.136. The molecule has 144 valence electrons. The zero-order valence-electron chi connectivity index (χ0n) is 15.7. The SMILES string of the molecule is Cc1cccc(NC(=O)C(=O)NCC(c2ccco2)N2CCOCC2)c1C. The summed E-state index contributed by atoms with van der Waals surface area (Å²) in [7, 11) is 0. The summed E-state index contributed by atoms with van der Waals surface area (Å²) in [6.07, 6.45) is 1.61. The molecule has 7 heteroatoms. The van der Waals surface area contributed by atoms with E-state index in [2.05, 4.69) is 15.5 Å². The van der Waals surface area contributed by atoms with E-state index < -0.39 is 11.8 Å². The Labute approximate surface area is 158 Å². The molecule has 2 N–H and O–H groups in total. The zero-order valence-corrected chi connectivity index (χ0v) is 15.7. The van der Waals surface area contributed by atoms with Gasteiger partial charge in [-0.1, -0.05) is 12.1 Å². The van der Waals surface area contributed by atoms with Gasteiger partial charge in [-0.25, -0.2) is 0 Å². The molecule has 2 amide bonds. The van der Waals surface area contributed by atoms with Crippen molar-refractivity contribution < 1.29 is 18.7 Å². The van der Waals surface area contributed by atoms with Crippen LogP contribution < -0.4 is 10.6 Å². The van der Waals surface area contributed by atoms with E-state index in [1.165, 1.54) is 0 Å². The monoisotopic (exact) mass is 371 g/mol. The summed E-state index contributed by atoms with van der Waals surface area (Å²) in [5.74, 6) is -0.586. The van der Waals surface area contributed by atoms with Gasteiger partial charge in [-0.15, -0.1) is 0 Å². The van der Waals surface area contributed by atoms with Crippen molar-refractivity contribution in [1.29, 1.82) is 0 Å². The predicted octanol–water partition coefficient (Wildman–Crippen LogP) is 2.02. The minimum absolute atomic E-state index is 0.138. The van der Waals surface area contributed by atoms with Crippen molar-refractivity contribution >= 4 is 17.5 Å². The molecular formula is C20H25N3O4. The molecule has 1 atom stereocenters. The number of carbonyl (C=O) groups is 2. The number of nitrogens with one attached hydrogen (secondary N) is 2. The molecule has 2 aromatic rings. The largest absolute Gasteiger partial charge is 0.468 e. The summed E-state index contributed by atoms with van der Waals surface area (Å²) in [6, 6.07) is 9.15. The summed E-state index contributed by atoms with van der Waals surface area (Å²) in [6.45, 7) is 6.92. The predicted molar refractivity (Wildman–Crippen MR) is 101 cm³/mol. The molecule has 1 saturated heterocycles. The van der Waals surface area contributed by atoms with E-state index in [9.17, 15) is 9.59 Å². The van der Waals surface area contributed by atoms with Gasteiger partial charge in [-0.2, -0.15) is 0 Å². The van der Waals surface area contributed by atoms with Crippen LogP contribution in [0.25, 0.3) is 0 Å². The van der Waals surface area contributed by atoms with E-state index in [0.29, 0.717) is 18.9 Å². The molecule has 1 unspecified atom stereocenters. The normalized spacial score (nSPS) is 15.9. The van der Waals surface area contributed by atoms with Crippen LogP contribution in [0.2, 0.25) is 0 Å². The van der Waals surface area contributed by atoms with Crippen LogP contribution in [-0.2, 0) is 14.3 Å². The molecule has 0 bridgehead atoms. The molecule has 27 heavy (non-hydrogen) atoms. The Morgan fingerprint density at radius 1 is 1.11 bits per heavy atom. The maximum Gasteiger partial charge on any atom is 0.313 e. The second-order valence-corrected chi connectivity index (χ2v) is 6.59. The van der Waals surface area contributed by atoms with Crippen molar-refractivity contribution in [2.75, 3.05) is 38.2 Å². The van der Waals surface area contributed by atoms with Gasteiger partial charge < -0.3 is 19.8 Å². The lowest BCUT2D eigenvalue weighted by atomic mass is 10.1. The summed E-state index contributed by atoms with van der Waals surface area (Å²) < 4.78 is 10.9. The molecule has 0 radical (unpaired) electrons. The number of aryl methyl sites for hydroxylation is 1. The van der Waals surface area contributed by atoms with Gasteiger partial charge in [-0.3, -0.25) is 14.5 Å². The summed E-state index contributed by atoms with van der Waals surface area (Å²) in [5, 5.41) is 5.41. The second-order valence-electron chi connectivity index (χ2n) is 6.59. The topological polar surface area (TPSA) is 83.8 Å². The third-order valence-electron chi connectivity index (χ3n) is 4.87. The lowest BCUT2D eigenvalue weighted by Gasteiger charge is -2.33. The molecule has 3 rings (SSSR count). The quantitative estimate of drug-likeness (QED) is 0.786. The first-order chi connectivity index (χ1) is 13.1. The number of nitrogens with zero attached hydrogens (tertiary/aromatic N) is 1. The van der Waals surface area contributed by atoms with Gasteiger partial charge in [0, 0.05) is 25.3 Å². The Hall–Kier alpha value is -2.64. The van der Waals surface area contributed by atoms with Gasteiger partial charge >= 0.3 is 11.8 Å². The molecule has 1 aromatic carbocycles. The Morgan fingerprint density at radius 3 is 2.59 bits per heavy atom.